The molecule has 1 unspecified atom stereocenters. The Morgan fingerprint density at radius 1 is 0.655 bits per heavy atom. The number of nitrogens with zero attached hydrogens (tertiary/aromatic N) is 2. The van der Waals surface area contributed by atoms with Gasteiger partial charge in [0.1, 0.15) is 0 Å². The van der Waals surface area contributed by atoms with Crippen LogP contribution in [-0.2, 0) is 28.1 Å². The zero-order valence-electron chi connectivity index (χ0n) is 36.6. The molecule has 3 heteroatoms. The second kappa shape index (κ2) is 13.8. The standard InChI is InChI=1S/C52H48N2.C2H6.CH4S/c1-49(2,3)34-17-14-33-22-47(54-48(33)23-34)32-16-19-36-38-25-46-40(27-44(38)51(6,7)42(36)21-32)39-26-43-37(24-45(39)52(46,8)9)35-18-15-31(20-41(35)50(43,4)5)30-12-10-29(28-53)11-13-30;2*1-2/h10-21,23-24,26-27,38H,22,25H2,1-9H3;1-2H3;2H,1H3. The Hall–Kier alpha value is -4.91. The van der Waals surface area contributed by atoms with E-state index in [2.05, 4.69) is 166 Å². The predicted molar refractivity (Wildman–Crippen MR) is 250 cm³/mol. The van der Waals surface area contributed by atoms with Gasteiger partial charge in [-0.15, -0.1) is 0 Å². The molecule has 0 N–H and O–H groups in total. The van der Waals surface area contributed by atoms with Crippen molar-refractivity contribution in [1.29, 1.82) is 5.26 Å². The Morgan fingerprint density at radius 3 is 1.97 bits per heavy atom. The molecule has 1 atom stereocenters. The minimum atomic E-state index is -0.129. The highest BCUT2D eigenvalue weighted by atomic mass is 32.1. The molecular formula is C55H58N2S. The van der Waals surface area contributed by atoms with E-state index < -0.39 is 0 Å². The highest BCUT2D eigenvalue weighted by molar-refractivity contribution is 7.79. The zero-order valence-corrected chi connectivity index (χ0v) is 37.5. The van der Waals surface area contributed by atoms with Crippen molar-refractivity contribution in [3.05, 3.63) is 164 Å². The van der Waals surface area contributed by atoms with Crippen LogP contribution in [-0.4, -0.2) is 12.0 Å². The summed E-state index contributed by atoms with van der Waals surface area (Å²) >= 11 is 3.53. The van der Waals surface area contributed by atoms with Crippen molar-refractivity contribution in [2.24, 2.45) is 4.99 Å². The topological polar surface area (TPSA) is 36.1 Å². The minimum absolute atomic E-state index is 0.0554. The van der Waals surface area contributed by atoms with Gasteiger partial charge in [-0.05, 0) is 138 Å². The Morgan fingerprint density at radius 2 is 1.28 bits per heavy atom. The van der Waals surface area contributed by atoms with E-state index in [1.807, 2.05) is 26.0 Å². The normalized spacial score (nSPS) is 19.0. The molecule has 5 aromatic carbocycles. The lowest BCUT2D eigenvalue weighted by molar-refractivity contribution is 0.561. The Bertz CT molecular complexity index is 2660. The van der Waals surface area contributed by atoms with E-state index in [4.69, 9.17) is 4.99 Å². The summed E-state index contributed by atoms with van der Waals surface area (Å²) in [6.07, 6.45) is 6.27. The number of allylic oxidation sites excluding steroid dienone is 4. The van der Waals surface area contributed by atoms with E-state index in [0.717, 1.165) is 24.1 Å². The average Bonchev–Trinajstić information content (AvgIpc) is 3.89. The smallest absolute Gasteiger partial charge is 0.0991 e. The predicted octanol–water partition coefficient (Wildman–Crippen LogP) is 14.5. The third kappa shape index (κ3) is 5.85. The second-order valence-corrected chi connectivity index (χ2v) is 19.1. The molecule has 5 aromatic rings. The van der Waals surface area contributed by atoms with E-state index in [9.17, 15) is 5.26 Å². The summed E-state index contributed by atoms with van der Waals surface area (Å²) in [6.45, 7) is 25.4. The van der Waals surface area contributed by atoms with Crippen molar-refractivity contribution in [3.8, 4) is 28.3 Å². The van der Waals surface area contributed by atoms with Gasteiger partial charge in [-0.2, -0.15) is 17.9 Å². The molecule has 294 valence electrons. The highest BCUT2D eigenvalue weighted by Gasteiger charge is 2.49. The van der Waals surface area contributed by atoms with Gasteiger partial charge in [0.25, 0.3) is 0 Å². The lowest BCUT2D eigenvalue weighted by Gasteiger charge is -2.32. The first-order valence-electron chi connectivity index (χ1n) is 21.2. The van der Waals surface area contributed by atoms with Gasteiger partial charge in [-0.25, -0.2) is 0 Å². The first-order valence-corrected chi connectivity index (χ1v) is 22.1. The number of fused-ring (bicyclic) bond motifs is 9. The first-order chi connectivity index (χ1) is 27.6. The Kier molecular flexibility index (Phi) is 9.52. The number of hydrogen-bond acceptors (Lipinski definition) is 3. The largest absolute Gasteiger partial charge is 0.252 e. The van der Waals surface area contributed by atoms with Crippen LogP contribution in [0.15, 0.2) is 113 Å². The third-order valence-electron chi connectivity index (χ3n) is 14.0. The van der Waals surface area contributed by atoms with Crippen LogP contribution in [0, 0.1) is 11.3 Å². The number of hydrogen-bond donors (Lipinski definition) is 1. The van der Waals surface area contributed by atoms with Crippen LogP contribution in [0.2, 0.25) is 0 Å². The summed E-state index contributed by atoms with van der Waals surface area (Å²) in [7, 11) is 0. The summed E-state index contributed by atoms with van der Waals surface area (Å²) in [4.78, 5) is 5.22. The van der Waals surface area contributed by atoms with Gasteiger partial charge in [0.2, 0.25) is 0 Å². The Balaban J connectivity index is 0.00000114. The van der Waals surface area contributed by atoms with Crippen LogP contribution in [0.25, 0.3) is 27.8 Å². The van der Waals surface area contributed by atoms with Gasteiger partial charge in [0.15, 0.2) is 0 Å². The van der Waals surface area contributed by atoms with Crippen LogP contribution in [0.4, 0.5) is 5.69 Å². The minimum Gasteiger partial charge on any atom is -0.252 e. The molecule has 0 aromatic heterocycles. The summed E-state index contributed by atoms with van der Waals surface area (Å²) in [5.74, 6) is 0.401. The number of rotatable bonds is 2. The number of thiol groups is 1. The van der Waals surface area contributed by atoms with Crippen LogP contribution in [0.1, 0.15) is 144 Å². The molecule has 0 saturated carbocycles. The summed E-state index contributed by atoms with van der Waals surface area (Å²) in [6, 6.07) is 36.4. The quantitative estimate of drug-likeness (QED) is 0.178. The molecule has 2 nitrogen and oxygen atoms in total. The highest BCUT2D eigenvalue weighted by Crippen LogP contribution is 2.62. The molecular weight excluding hydrogens is 721 g/mol. The summed E-state index contributed by atoms with van der Waals surface area (Å²) in [5, 5.41) is 9.32. The van der Waals surface area contributed by atoms with Crippen molar-refractivity contribution in [1.82, 2.24) is 0 Å². The molecule has 1 aliphatic heterocycles. The average molecular weight is 779 g/mol. The fourth-order valence-corrected chi connectivity index (χ4v) is 10.6. The number of benzene rings is 5. The van der Waals surface area contributed by atoms with Crippen molar-refractivity contribution >= 4 is 29.6 Å². The van der Waals surface area contributed by atoms with E-state index in [1.54, 1.807) is 17.4 Å². The van der Waals surface area contributed by atoms with Crippen LogP contribution in [0.5, 0.6) is 0 Å². The maximum atomic E-state index is 9.32. The van der Waals surface area contributed by atoms with Crippen molar-refractivity contribution in [3.63, 3.8) is 0 Å². The molecule has 10 rings (SSSR count). The molecule has 0 spiro atoms. The number of nitriles is 1. The molecule has 0 radical (unpaired) electrons. The maximum absolute atomic E-state index is 9.32. The zero-order chi connectivity index (χ0) is 41.7. The first kappa shape index (κ1) is 39.9. The third-order valence-corrected chi connectivity index (χ3v) is 14.0. The molecule has 0 saturated heterocycles. The monoisotopic (exact) mass is 778 g/mol. The van der Waals surface area contributed by atoms with Gasteiger partial charge < -0.3 is 0 Å². The SMILES string of the molecule is CC.CC(C)(C)c1ccc2c(c1)N=C(c1ccc3c(c1)C(C)(C)C1=CC4=C(CC13)C(C)(C)c1cc3c(cc14)C(C)(C)c1cc(-c4ccc(C#N)cc4)ccc1-3)C2.CS. The van der Waals surface area contributed by atoms with Gasteiger partial charge in [-0.1, -0.05) is 142 Å². The lowest BCUT2D eigenvalue weighted by atomic mass is 9.71. The van der Waals surface area contributed by atoms with Gasteiger partial charge in [-0.3, -0.25) is 4.99 Å². The molecule has 0 bridgehead atoms. The molecule has 5 aliphatic rings. The maximum Gasteiger partial charge on any atom is 0.0991 e. The van der Waals surface area contributed by atoms with E-state index in [0.29, 0.717) is 11.5 Å². The lowest BCUT2D eigenvalue weighted by Crippen LogP contribution is -2.22. The van der Waals surface area contributed by atoms with E-state index in [1.165, 1.54) is 78.0 Å². The molecule has 58 heavy (non-hydrogen) atoms. The molecule has 1 heterocycles. The van der Waals surface area contributed by atoms with Crippen molar-refractivity contribution < 1.29 is 0 Å². The van der Waals surface area contributed by atoms with Crippen molar-refractivity contribution in [2.45, 2.75) is 117 Å². The number of aliphatic imine (C=N–C) groups is 1. The van der Waals surface area contributed by atoms with Crippen LogP contribution < -0.4 is 0 Å². The van der Waals surface area contributed by atoms with Crippen LogP contribution in [0.3, 0.4) is 0 Å². The fourth-order valence-electron chi connectivity index (χ4n) is 10.6. The Labute approximate surface area is 353 Å². The van der Waals surface area contributed by atoms with E-state index >= 15 is 0 Å². The summed E-state index contributed by atoms with van der Waals surface area (Å²) in [5.41, 5.74) is 25.1. The van der Waals surface area contributed by atoms with Gasteiger partial charge >= 0.3 is 0 Å². The molecule has 0 amide bonds. The summed E-state index contributed by atoms with van der Waals surface area (Å²) < 4.78 is 0. The molecule has 0 fully saturated rings. The van der Waals surface area contributed by atoms with Crippen LogP contribution >= 0.6 is 12.6 Å². The fraction of sp³-hybridized carbons (Fsp3) is 0.345. The van der Waals surface area contributed by atoms with Gasteiger partial charge in [0, 0.05) is 28.6 Å². The van der Waals surface area contributed by atoms with Crippen molar-refractivity contribution in [2.75, 3.05) is 6.26 Å². The molecule has 4 aliphatic carbocycles. The van der Waals surface area contributed by atoms with Gasteiger partial charge in [0.05, 0.1) is 23.0 Å². The second-order valence-electron chi connectivity index (χ2n) is 19.1. The van der Waals surface area contributed by atoms with E-state index in [-0.39, 0.29) is 21.7 Å².